The number of rotatable bonds is 8. The molecule has 0 spiro atoms. The van der Waals surface area contributed by atoms with E-state index in [0.717, 1.165) is 42.7 Å². The van der Waals surface area contributed by atoms with E-state index in [1.807, 2.05) is 24.3 Å². The van der Waals surface area contributed by atoms with E-state index in [9.17, 15) is 4.79 Å². The highest BCUT2D eigenvalue weighted by molar-refractivity contribution is 5.68. The number of carboxylic acids is 1. The van der Waals surface area contributed by atoms with E-state index in [-0.39, 0.29) is 12.5 Å². The number of benzene rings is 3. The molecular formula is C29H27NO4. The molecule has 34 heavy (non-hydrogen) atoms. The summed E-state index contributed by atoms with van der Waals surface area (Å²) in [5, 5.41) is 13.4. The minimum Gasteiger partial charge on any atom is -0.482 e. The Hall–Kier alpha value is -3.86. The summed E-state index contributed by atoms with van der Waals surface area (Å²) in [6, 6.07) is 28.8. The van der Waals surface area contributed by atoms with Gasteiger partial charge in [-0.3, -0.25) is 0 Å². The number of carboxylic acid groups (broad SMARTS) is 1. The molecule has 1 unspecified atom stereocenters. The first-order valence-electron chi connectivity index (χ1n) is 11.7. The van der Waals surface area contributed by atoms with Crippen LogP contribution in [-0.2, 0) is 24.1 Å². The van der Waals surface area contributed by atoms with Gasteiger partial charge in [0.2, 0.25) is 0 Å². The van der Waals surface area contributed by atoms with Crippen LogP contribution < -0.4 is 4.74 Å². The molecule has 0 bridgehead atoms. The summed E-state index contributed by atoms with van der Waals surface area (Å²) in [7, 11) is 0. The van der Waals surface area contributed by atoms with Crippen molar-refractivity contribution in [3.8, 4) is 5.75 Å². The van der Waals surface area contributed by atoms with Crippen molar-refractivity contribution in [2.24, 2.45) is 5.92 Å². The molecule has 0 amide bonds. The Balaban J connectivity index is 1.33. The van der Waals surface area contributed by atoms with Gasteiger partial charge in [-0.1, -0.05) is 78.0 Å². The number of ether oxygens (including phenoxy) is 1. The second kappa shape index (κ2) is 9.96. The molecule has 5 rings (SSSR count). The van der Waals surface area contributed by atoms with Crippen LogP contribution in [0.25, 0.3) is 0 Å². The van der Waals surface area contributed by atoms with Crippen molar-refractivity contribution in [3.05, 3.63) is 119 Å². The lowest BCUT2D eigenvalue weighted by Gasteiger charge is -2.25. The third-order valence-electron chi connectivity index (χ3n) is 6.52. The lowest BCUT2D eigenvalue weighted by molar-refractivity contribution is -0.139. The number of hydrogen-bond donors (Lipinski definition) is 1. The van der Waals surface area contributed by atoms with Gasteiger partial charge < -0.3 is 14.4 Å². The molecule has 4 aromatic rings. The summed E-state index contributed by atoms with van der Waals surface area (Å²) in [6.07, 6.45) is 3.60. The predicted octanol–water partition coefficient (Wildman–Crippen LogP) is 5.67. The predicted molar refractivity (Wildman–Crippen MR) is 129 cm³/mol. The summed E-state index contributed by atoms with van der Waals surface area (Å²) in [4.78, 5) is 10.9. The van der Waals surface area contributed by atoms with Gasteiger partial charge in [0.25, 0.3) is 0 Å². The van der Waals surface area contributed by atoms with Crippen LogP contribution in [0.1, 0.15) is 46.0 Å². The molecule has 1 heterocycles. The maximum Gasteiger partial charge on any atom is 0.341 e. The molecular weight excluding hydrogens is 426 g/mol. The minimum absolute atomic E-state index is 0.0286. The smallest absolute Gasteiger partial charge is 0.341 e. The number of aromatic nitrogens is 1. The van der Waals surface area contributed by atoms with Gasteiger partial charge in [0.15, 0.2) is 6.61 Å². The highest BCUT2D eigenvalue weighted by Gasteiger charge is 2.25. The molecule has 0 aliphatic heterocycles. The fraction of sp³-hybridized carbons (Fsp3) is 0.241. The van der Waals surface area contributed by atoms with Gasteiger partial charge in [-0.25, -0.2) is 4.79 Å². The highest BCUT2D eigenvalue weighted by atomic mass is 16.5. The molecule has 1 aromatic heterocycles. The highest BCUT2D eigenvalue weighted by Crippen LogP contribution is 2.35. The summed E-state index contributed by atoms with van der Waals surface area (Å²) in [5.41, 5.74) is 5.66. The van der Waals surface area contributed by atoms with Gasteiger partial charge in [-0.2, -0.15) is 0 Å². The Morgan fingerprint density at radius 3 is 2.38 bits per heavy atom. The molecule has 172 valence electrons. The summed E-state index contributed by atoms with van der Waals surface area (Å²) < 4.78 is 11.3. The van der Waals surface area contributed by atoms with Gasteiger partial charge in [0, 0.05) is 12.5 Å². The molecule has 0 saturated carbocycles. The molecule has 1 aliphatic rings. The number of hydrogen-bond acceptors (Lipinski definition) is 4. The molecule has 5 nitrogen and oxygen atoms in total. The van der Waals surface area contributed by atoms with Gasteiger partial charge in [0.1, 0.15) is 11.5 Å². The monoisotopic (exact) mass is 453 g/mol. The lowest BCUT2D eigenvalue weighted by Crippen LogP contribution is -2.18. The van der Waals surface area contributed by atoms with E-state index in [1.54, 1.807) is 0 Å². The van der Waals surface area contributed by atoms with Crippen molar-refractivity contribution < 1.29 is 19.2 Å². The number of fused-ring (bicyclic) bond motifs is 1. The van der Waals surface area contributed by atoms with Gasteiger partial charge in [0.05, 0.1) is 11.6 Å². The van der Waals surface area contributed by atoms with E-state index in [0.29, 0.717) is 11.7 Å². The van der Waals surface area contributed by atoms with E-state index < -0.39 is 5.97 Å². The zero-order valence-corrected chi connectivity index (χ0v) is 18.9. The topological polar surface area (TPSA) is 72.6 Å². The van der Waals surface area contributed by atoms with Gasteiger partial charge in [-0.05, 0) is 53.5 Å². The van der Waals surface area contributed by atoms with Gasteiger partial charge in [-0.15, -0.1) is 0 Å². The molecule has 1 aliphatic carbocycles. The van der Waals surface area contributed by atoms with Crippen LogP contribution >= 0.6 is 0 Å². The van der Waals surface area contributed by atoms with E-state index >= 15 is 0 Å². The average molecular weight is 454 g/mol. The van der Waals surface area contributed by atoms with E-state index in [1.165, 1.54) is 16.7 Å². The standard InChI is InChI=1S/C29H27NO4/c31-28(32)19-33-27-13-7-12-23-16-20(14-15-25(23)27)17-24-18-26(30-34-24)29(21-8-3-1-4-9-21)22-10-5-2-6-11-22/h1-13,18,20,29H,14-17,19H2,(H,31,32). The maximum absolute atomic E-state index is 10.9. The molecule has 5 heteroatoms. The Morgan fingerprint density at radius 2 is 1.71 bits per heavy atom. The first kappa shape index (κ1) is 22.0. The molecule has 3 aromatic carbocycles. The van der Waals surface area contributed by atoms with Crippen LogP contribution in [-0.4, -0.2) is 22.8 Å². The second-order valence-electron chi connectivity index (χ2n) is 8.86. The quantitative estimate of drug-likeness (QED) is 0.372. The van der Waals surface area contributed by atoms with Crippen LogP contribution in [0.3, 0.4) is 0 Å². The van der Waals surface area contributed by atoms with E-state index in [4.69, 9.17) is 14.4 Å². The molecule has 1 atom stereocenters. The van der Waals surface area contributed by atoms with Crippen molar-refractivity contribution in [1.82, 2.24) is 5.16 Å². The van der Waals surface area contributed by atoms with E-state index in [2.05, 4.69) is 65.8 Å². The van der Waals surface area contributed by atoms with Crippen molar-refractivity contribution in [1.29, 1.82) is 0 Å². The van der Waals surface area contributed by atoms with Gasteiger partial charge >= 0.3 is 5.97 Å². The normalized spacial score (nSPS) is 15.1. The lowest BCUT2D eigenvalue weighted by atomic mass is 9.81. The molecule has 0 radical (unpaired) electrons. The Morgan fingerprint density at radius 1 is 1.00 bits per heavy atom. The van der Waals surface area contributed by atoms with Crippen LogP contribution in [0.2, 0.25) is 0 Å². The van der Waals surface area contributed by atoms with Crippen molar-refractivity contribution in [2.45, 2.75) is 31.6 Å². The fourth-order valence-corrected chi connectivity index (χ4v) is 4.97. The van der Waals surface area contributed by atoms with Crippen LogP contribution in [0.5, 0.6) is 5.75 Å². The first-order valence-corrected chi connectivity index (χ1v) is 11.7. The SMILES string of the molecule is O=C(O)COc1cccc2c1CCC(Cc1cc(C(c3ccccc3)c3ccccc3)no1)C2. The summed E-state index contributed by atoms with van der Waals surface area (Å²) in [6.45, 7) is -0.315. The number of carbonyl (C=O) groups is 1. The summed E-state index contributed by atoms with van der Waals surface area (Å²) >= 11 is 0. The zero-order chi connectivity index (χ0) is 23.3. The van der Waals surface area contributed by atoms with Crippen LogP contribution in [0, 0.1) is 5.92 Å². The molecule has 0 saturated heterocycles. The fourth-order valence-electron chi connectivity index (χ4n) is 4.97. The molecule has 0 fully saturated rings. The Bertz CT molecular complexity index is 1210. The Kier molecular flexibility index (Phi) is 6.43. The second-order valence-corrected chi connectivity index (χ2v) is 8.86. The Labute approximate surface area is 199 Å². The average Bonchev–Trinajstić information content (AvgIpc) is 3.31. The maximum atomic E-state index is 10.9. The number of nitrogens with zero attached hydrogens (tertiary/aromatic N) is 1. The van der Waals surface area contributed by atoms with Crippen molar-refractivity contribution in [2.75, 3.05) is 6.61 Å². The van der Waals surface area contributed by atoms with Crippen LogP contribution in [0.4, 0.5) is 0 Å². The largest absolute Gasteiger partial charge is 0.482 e. The number of aliphatic carboxylic acids is 1. The third kappa shape index (κ3) is 4.88. The molecule has 1 N–H and O–H groups in total. The third-order valence-corrected chi connectivity index (χ3v) is 6.52. The van der Waals surface area contributed by atoms with Crippen LogP contribution in [0.15, 0.2) is 89.5 Å². The van der Waals surface area contributed by atoms with Crippen molar-refractivity contribution >= 4 is 5.97 Å². The minimum atomic E-state index is -0.961. The van der Waals surface area contributed by atoms with Crippen molar-refractivity contribution in [3.63, 3.8) is 0 Å². The summed E-state index contributed by atoms with van der Waals surface area (Å²) in [5.74, 6) is 1.10. The zero-order valence-electron chi connectivity index (χ0n) is 18.9. The first-order chi connectivity index (χ1) is 16.7.